The lowest BCUT2D eigenvalue weighted by molar-refractivity contribution is 0.807. The van der Waals surface area contributed by atoms with Gasteiger partial charge in [0, 0.05) is 12.3 Å². The average Bonchev–Trinajstić information content (AvgIpc) is 2.64. The molecule has 0 aliphatic carbocycles. The molecule has 0 spiro atoms. The molecule has 0 fully saturated rings. The second kappa shape index (κ2) is 4.20. The highest BCUT2D eigenvalue weighted by Gasteiger charge is 2.04. The van der Waals surface area contributed by atoms with Gasteiger partial charge < -0.3 is 0 Å². The molecular formula is C9H9ClN4S. The first-order chi connectivity index (χ1) is 7.19. The lowest BCUT2D eigenvalue weighted by Gasteiger charge is -2.02. The maximum atomic E-state index is 5.88. The van der Waals surface area contributed by atoms with Crippen LogP contribution in [0.2, 0.25) is 5.15 Å². The molecule has 0 N–H and O–H groups in total. The van der Waals surface area contributed by atoms with Crippen LogP contribution in [0.25, 0.3) is 5.82 Å². The third-order valence-electron chi connectivity index (χ3n) is 1.79. The van der Waals surface area contributed by atoms with Crippen LogP contribution >= 0.6 is 23.4 Å². The lowest BCUT2D eigenvalue weighted by atomic mass is 10.4. The van der Waals surface area contributed by atoms with Crippen molar-refractivity contribution in [3.05, 3.63) is 29.2 Å². The molecule has 0 saturated heterocycles. The second-order valence-electron chi connectivity index (χ2n) is 3.00. The topological polar surface area (TPSA) is 43.6 Å². The summed E-state index contributed by atoms with van der Waals surface area (Å²) in [5.41, 5.74) is 1.08. The first-order valence-electron chi connectivity index (χ1n) is 4.29. The molecule has 15 heavy (non-hydrogen) atoms. The largest absolute Gasteiger partial charge is 0.222 e. The Bertz CT molecular complexity index is 483. The van der Waals surface area contributed by atoms with Gasteiger partial charge in [0.2, 0.25) is 0 Å². The first kappa shape index (κ1) is 10.4. The van der Waals surface area contributed by atoms with Gasteiger partial charge in [-0.1, -0.05) is 23.4 Å². The Labute approximate surface area is 96.7 Å². The van der Waals surface area contributed by atoms with E-state index in [0.29, 0.717) is 16.1 Å². The van der Waals surface area contributed by atoms with Crippen LogP contribution in [-0.4, -0.2) is 26.0 Å². The van der Waals surface area contributed by atoms with Crippen LogP contribution in [0.5, 0.6) is 0 Å². The molecule has 0 amide bonds. The van der Waals surface area contributed by atoms with Gasteiger partial charge in [-0.3, -0.25) is 0 Å². The minimum Gasteiger partial charge on any atom is -0.222 e. The van der Waals surface area contributed by atoms with Gasteiger partial charge in [-0.05, 0) is 18.7 Å². The van der Waals surface area contributed by atoms with Gasteiger partial charge in [-0.15, -0.1) is 0 Å². The number of rotatable bonds is 2. The molecule has 0 unspecified atom stereocenters. The molecule has 0 radical (unpaired) electrons. The van der Waals surface area contributed by atoms with Crippen LogP contribution in [0.3, 0.4) is 0 Å². The summed E-state index contributed by atoms with van der Waals surface area (Å²) in [6.07, 6.45) is 5.57. The summed E-state index contributed by atoms with van der Waals surface area (Å²) >= 11 is 7.33. The monoisotopic (exact) mass is 240 g/mol. The fourth-order valence-corrected chi connectivity index (χ4v) is 1.73. The minimum absolute atomic E-state index is 0.428. The van der Waals surface area contributed by atoms with E-state index >= 15 is 0 Å². The van der Waals surface area contributed by atoms with Gasteiger partial charge in [0.15, 0.2) is 11.0 Å². The maximum Gasteiger partial charge on any atom is 0.190 e. The Kier molecular flexibility index (Phi) is 2.93. The highest BCUT2D eigenvalue weighted by atomic mass is 35.5. The Balaban J connectivity index is 2.48. The van der Waals surface area contributed by atoms with Crippen molar-refractivity contribution in [1.29, 1.82) is 0 Å². The van der Waals surface area contributed by atoms with Gasteiger partial charge in [-0.25, -0.2) is 14.6 Å². The molecule has 2 rings (SSSR count). The molecule has 2 aromatic rings. The highest BCUT2D eigenvalue weighted by molar-refractivity contribution is 7.98. The van der Waals surface area contributed by atoms with E-state index in [-0.39, 0.29) is 0 Å². The van der Waals surface area contributed by atoms with Gasteiger partial charge in [0.05, 0.1) is 6.20 Å². The molecule has 78 valence electrons. The molecular weight excluding hydrogens is 232 g/mol. The van der Waals surface area contributed by atoms with Gasteiger partial charge in [-0.2, -0.15) is 5.10 Å². The van der Waals surface area contributed by atoms with E-state index in [2.05, 4.69) is 15.1 Å². The van der Waals surface area contributed by atoms with Crippen molar-refractivity contribution < 1.29 is 0 Å². The van der Waals surface area contributed by atoms with Crippen molar-refractivity contribution >= 4 is 23.4 Å². The smallest absolute Gasteiger partial charge is 0.190 e. The van der Waals surface area contributed by atoms with Gasteiger partial charge in [0.1, 0.15) is 5.15 Å². The van der Waals surface area contributed by atoms with E-state index in [1.54, 1.807) is 16.9 Å². The van der Waals surface area contributed by atoms with E-state index in [4.69, 9.17) is 11.6 Å². The van der Waals surface area contributed by atoms with Crippen molar-refractivity contribution in [3.63, 3.8) is 0 Å². The lowest BCUT2D eigenvalue weighted by Crippen LogP contribution is -2.00. The summed E-state index contributed by atoms with van der Waals surface area (Å²) in [5, 5.41) is 5.23. The predicted octanol–water partition coefficient (Wildman–Crippen LogP) is 2.35. The fraction of sp³-hybridized carbons (Fsp3) is 0.222. The van der Waals surface area contributed by atoms with E-state index in [1.165, 1.54) is 11.8 Å². The standard InChI is InChI=1S/C9H9ClN4S/c1-6-4-11-14(5-6)8-3-7(10)12-9(13-8)15-2/h3-5H,1-2H3. The first-order valence-corrected chi connectivity index (χ1v) is 5.89. The van der Waals surface area contributed by atoms with Crippen LogP contribution < -0.4 is 0 Å². The molecule has 0 saturated carbocycles. The third kappa shape index (κ3) is 2.30. The number of hydrogen-bond donors (Lipinski definition) is 0. The van der Waals surface area contributed by atoms with E-state index < -0.39 is 0 Å². The maximum absolute atomic E-state index is 5.88. The molecule has 0 bridgehead atoms. The van der Waals surface area contributed by atoms with Gasteiger partial charge in [0.25, 0.3) is 0 Å². The van der Waals surface area contributed by atoms with Crippen molar-refractivity contribution in [2.45, 2.75) is 12.1 Å². The summed E-state index contributed by atoms with van der Waals surface area (Å²) in [5.74, 6) is 0.687. The molecule has 0 atom stereocenters. The third-order valence-corrected chi connectivity index (χ3v) is 2.53. The number of thioether (sulfide) groups is 1. The fourth-order valence-electron chi connectivity index (χ4n) is 1.13. The Hall–Kier alpha value is -1.07. The molecule has 0 aromatic carbocycles. The summed E-state index contributed by atoms with van der Waals surface area (Å²) in [6, 6.07) is 1.69. The zero-order valence-corrected chi connectivity index (χ0v) is 9.88. The Morgan fingerprint density at radius 1 is 1.40 bits per heavy atom. The van der Waals surface area contributed by atoms with Crippen LogP contribution in [0.4, 0.5) is 0 Å². The zero-order chi connectivity index (χ0) is 10.8. The number of aryl methyl sites for hydroxylation is 1. The molecule has 6 heteroatoms. The van der Waals surface area contributed by atoms with E-state index in [9.17, 15) is 0 Å². The van der Waals surface area contributed by atoms with Crippen LogP contribution in [0.15, 0.2) is 23.6 Å². The second-order valence-corrected chi connectivity index (χ2v) is 4.16. The quantitative estimate of drug-likeness (QED) is 0.459. The minimum atomic E-state index is 0.428. The summed E-state index contributed by atoms with van der Waals surface area (Å²) in [4.78, 5) is 8.36. The molecule has 2 aromatic heterocycles. The summed E-state index contributed by atoms with van der Waals surface area (Å²) in [6.45, 7) is 1.97. The SMILES string of the molecule is CSc1nc(Cl)cc(-n2cc(C)cn2)n1. The molecule has 0 aliphatic heterocycles. The summed E-state index contributed by atoms with van der Waals surface area (Å²) < 4.78 is 1.68. The average molecular weight is 241 g/mol. The van der Waals surface area contributed by atoms with Crippen molar-refractivity contribution in [1.82, 2.24) is 19.7 Å². The van der Waals surface area contributed by atoms with Crippen molar-refractivity contribution in [2.75, 3.05) is 6.26 Å². The van der Waals surface area contributed by atoms with Crippen LogP contribution in [0, 0.1) is 6.92 Å². The van der Waals surface area contributed by atoms with Crippen molar-refractivity contribution in [3.8, 4) is 5.82 Å². The number of aromatic nitrogens is 4. The number of hydrogen-bond acceptors (Lipinski definition) is 4. The van der Waals surface area contributed by atoms with E-state index in [0.717, 1.165) is 5.56 Å². The normalized spacial score (nSPS) is 10.6. The number of nitrogens with zero attached hydrogens (tertiary/aromatic N) is 4. The zero-order valence-electron chi connectivity index (χ0n) is 8.31. The molecule has 2 heterocycles. The molecule has 0 aliphatic rings. The van der Waals surface area contributed by atoms with Crippen molar-refractivity contribution in [2.24, 2.45) is 0 Å². The number of halogens is 1. The highest BCUT2D eigenvalue weighted by Crippen LogP contribution is 2.16. The summed E-state index contributed by atoms with van der Waals surface area (Å²) in [7, 11) is 0. The predicted molar refractivity (Wildman–Crippen MR) is 60.7 cm³/mol. The van der Waals surface area contributed by atoms with E-state index in [1.807, 2.05) is 19.4 Å². The molecule has 4 nitrogen and oxygen atoms in total. The Morgan fingerprint density at radius 2 is 2.20 bits per heavy atom. The Morgan fingerprint density at radius 3 is 2.80 bits per heavy atom. The van der Waals surface area contributed by atoms with Gasteiger partial charge >= 0.3 is 0 Å². The van der Waals surface area contributed by atoms with Crippen LogP contribution in [0.1, 0.15) is 5.56 Å². The van der Waals surface area contributed by atoms with Crippen LogP contribution in [-0.2, 0) is 0 Å².